The van der Waals surface area contributed by atoms with Crippen LogP contribution in [0.3, 0.4) is 0 Å². The van der Waals surface area contributed by atoms with Crippen LogP contribution in [0.15, 0.2) is 50.6 Å². The van der Waals surface area contributed by atoms with Gasteiger partial charge in [0.2, 0.25) is 23.6 Å². The van der Waals surface area contributed by atoms with Gasteiger partial charge in [-0.1, -0.05) is 26.3 Å². The van der Waals surface area contributed by atoms with E-state index < -0.39 is 0 Å². The Hall–Kier alpha value is -1.05. The van der Waals surface area contributed by atoms with Crippen LogP contribution in [0.5, 0.6) is 0 Å². The zero-order valence-corrected chi connectivity index (χ0v) is 23.4. The summed E-state index contributed by atoms with van der Waals surface area (Å²) in [5.74, 6) is 1.59. The van der Waals surface area contributed by atoms with Gasteiger partial charge in [-0.2, -0.15) is 23.0 Å². The zero-order chi connectivity index (χ0) is 25.6. The smallest absolute Gasteiger partial charge is 0.791 e. The van der Waals surface area contributed by atoms with Gasteiger partial charge in [0.25, 0.3) is 0 Å². The largest absolute Gasteiger partial charge is 4.00 e. The molecule has 0 saturated carbocycles. The van der Waals surface area contributed by atoms with Crippen LogP contribution >= 0.6 is 0 Å². The van der Waals surface area contributed by atoms with E-state index in [0.29, 0.717) is 49.2 Å². The first-order valence-corrected chi connectivity index (χ1v) is 11.5. The van der Waals surface area contributed by atoms with Gasteiger partial charge in [-0.25, -0.2) is 0 Å². The first-order valence-electron chi connectivity index (χ1n) is 9.17. The molecule has 0 bridgehead atoms. The molecule has 0 atom stereocenters. The van der Waals surface area contributed by atoms with Gasteiger partial charge in [-0.05, 0) is 50.5 Å². The molecule has 0 aliphatic carbocycles. The van der Waals surface area contributed by atoms with Crippen LogP contribution in [0, 0.1) is 0 Å². The van der Waals surface area contributed by atoms with E-state index in [1.807, 2.05) is 0 Å². The Morgan fingerprint density at radius 3 is 0.727 bits per heavy atom. The van der Waals surface area contributed by atoms with Gasteiger partial charge in [0.15, 0.2) is 0 Å². The van der Waals surface area contributed by atoms with E-state index >= 15 is 0 Å². The third kappa shape index (κ3) is 49.3. The molecular weight excluding hydrogens is 536 g/mol. The number of carbonyl (C=O) groups is 4. The molecule has 4 amide bonds. The molecule has 8 nitrogen and oxygen atoms in total. The van der Waals surface area contributed by atoms with E-state index in [2.05, 4.69) is 98.1 Å². The van der Waals surface area contributed by atoms with Crippen LogP contribution in [-0.4, -0.2) is 72.8 Å². The van der Waals surface area contributed by atoms with Gasteiger partial charge in [-0.15, -0.1) is 0 Å². The van der Waals surface area contributed by atoms with Crippen molar-refractivity contribution in [3.8, 4) is 0 Å². The van der Waals surface area contributed by atoms with Crippen molar-refractivity contribution in [3.63, 3.8) is 0 Å². The fourth-order valence-corrected chi connectivity index (χ4v) is 1.39. The summed E-state index contributed by atoms with van der Waals surface area (Å²) in [6.07, 6.45) is 4.91. The van der Waals surface area contributed by atoms with Crippen molar-refractivity contribution >= 4 is 74.1 Å². The van der Waals surface area contributed by atoms with E-state index in [-0.39, 0.29) is 45.3 Å². The SMILES string of the molecule is C=CC(=O)NCC[S-].C=CC(=O)NCC[S-].C=CC(=O)NCC[S-].C=CC(=O)NCC[S-].[Ti+4]. The molecule has 0 saturated heterocycles. The Bertz CT molecular complexity index is 472. The van der Waals surface area contributed by atoms with Crippen LogP contribution in [0.25, 0.3) is 0 Å². The zero-order valence-electron chi connectivity index (χ0n) is 18.6. The molecule has 0 fully saturated rings. The molecule has 0 rings (SSSR count). The summed E-state index contributed by atoms with van der Waals surface area (Å²) in [6, 6.07) is 0. The minimum Gasteiger partial charge on any atom is -0.791 e. The van der Waals surface area contributed by atoms with Gasteiger partial charge < -0.3 is 71.8 Å². The molecule has 0 aromatic carbocycles. The number of nitrogens with one attached hydrogen (secondary N) is 4. The first-order chi connectivity index (χ1) is 15.2. The Morgan fingerprint density at radius 1 is 0.485 bits per heavy atom. The maximum Gasteiger partial charge on any atom is 4.00 e. The van der Waals surface area contributed by atoms with Crippen LogP contribution < -0.4 is 21.3 Å². The van der Waals surface area contributed by atoms with E-state index in [1.54, 1.807) is 0 Å². The van der Waals surface area contributed by atoms with E-state index in [4.69, 9.17) is 0 Å². The van der Waals surface area contributed by atoms with Crippen LogP contribution in [0.2, 0.25) is 0 Å². The fraction of sp³-hybridized carbons (Fsp3) is 0.400. The quantitative estimate of drug-likeness (QED) is 0.139. The summed E-state index contributed by atoms with van der Waals surface area (Å²) >= 11 is 18.3. The molecule has 0 radical (unpaired) electrons. The Morgan fingerprint density at radius 2 is 0.636 bits per heavy atom. The van der Waals surface area contributed by atoms with Crippen molar-refractivity contribution in [1.29, 1.82) is 0 Å². The third-order valence-electron chi connectivity index (χ3n) is 2.35. The number of rotatable bonds is 12. The first kappa shape index (κ1) is 42.1. The van der Waals surface area contributed by atoms with Crippen molar-refractivity contribution < 1.29 is 40.9 Å². The average Bonchev–Trinajstić information content (AvgIpc) is 2.83. The Labute approximate surface area is 234 Å². The maximum atomic E-state index is 10.3. The van der Waals surface area contributed by atoms with Crippen LogP contribution in [-0.2, 0) is 91.4 Å². The number of carbonyl (C=O) groups excluding carboxylic acids is 4. The molecule has 33 heavy (non-hydrogen) atoms. The van der Waals surface area contributed by atoms with Crippen molar-refractivity contribution in [2.75, 3.05) is 49.2 Å². The van der Waals surface area contributed by atoms with Crippen LogP contribution in [0.1, 0.15) is 0 Å². The summed E-state index contributed by atoms with van der Waals surface area (Å²) < 4.78 is 0. The molecule has 184 valence electrons. The summed E-state index contributed by atoms with van der Waals surface area (Å²) in [7, 11) is 0. The second-order valence-corrected chi connectivity index (χ2v) is 6.43. The van der Waals surface area contributed by atoms with E-state index in [9.17, 15) is 19.2 Å². The number of amides is 4. The van der Waals surface area contributed by atoms with Gasteiger partial charge in [0.1, 0.15) is 0 Å². The number of hydrogen-bond acceptors (Lipinski definition) is 8. The molecule has 0 aromatic rings. The molecule has 0 aliphatic heterocycles. The van der Waals surface area contributed by atoms with Crippen molar-refractivity contribution in [3.05, 3.63) is 50.6 Å². The molecule has 0 spiro atoms. The Kier molecular flexibility index (Phi) is 48.8. The second-order valence-electron chi connectivity index (χ2n) is 4.80. The van der Waals surface area contributed by atoms with Crippen LogP contribution in [0.4, 0.5) is 0 Å². The maximum absolute atomic E-state index is 10.3. The van der Waals surface area contributed by atoms with Gasteiger partial charge in [-0.3, -0.25) is 19.2 Å². The predicted molar refractivity (Wildman–Crippen MR) is 142 cm³/mol. The minimum atomic E-state index is -0.158. The summed E-state index contributed by atoms with van der Waals surface area (Å²) in [5, 5.41) is 10.1. The van der Waals surface area contributed by atoms with Crippen molar-refractivity contribution in [1.82, 2.24) is 21.3 Å². The minimum absolute atomic E-state index is 0. The summed E-state index contributed by atoms with van der Waals surface area (Å²) in [5.41, 5.74) is 0. The van der Waals surface area contributed by atoms with Crippen molar-refractivity contribution in [2.24, 2.45) is 0 Å². The molecule has 4 N–H and O–H groups in total. The summed E-state index contributed by atoms with van der Waals surface area (Å²) in [4.78, 5) is 41.2. The molecule has 0 heterocycles. The molecule has 13 heteroatoms. The summed E-state index contributed by atoms with van der Waals surface area (Å²) in [6.45, 7) is 15.3. The topological polar surface area (TPSA) is 116 Å². The predicted octanol–water partition coefficient (Wildman–Crippen LogP) is -0.660. The Balaban J connectivity index is -0.000000105. The normalized spacial score (nSPS) is 7.88. The molecular formula is C20H32N4O4S4Ti. The molecule has 0 unspecified atom stereocenters. The van der Waals surface area contributed by atoms with Gasteiger partial charge in [0, 0.05) is 0 Å². The standard InChI is InChI=1S/4C5H9NOS.Ti/c4*1-2-5(7)6-3-4-8;/h4*2,8H,1,3-4H2,(H,6,7);/q;;;;+4/p-4. The monoisotopic (exact) mass is 568 g/mol. The van der Waals surface area contributed by atoms with Gasteiger partial charge >= 0.3 is 21.7 Å². The molecule has 0 aromatic heterocycles. The average molecular weight is 569 g/mol. The van der Waals surface area contributed by atoms with E-state index in [1.165, 1.54) is 24.3 Å². The van der Waals surface area contributed by atoms with Gasteiger partial charge in [0.05, 0.1) is 0 Å². The van der Waals surface area contributed by atoms with E-state index in [0.717, 1.165) is 0 Å². The number of hydrogen-bond donors (Lipinski definition) is 4. The second kappa shape index (κ2) is 38.2. The third-order valence-corrected chi connectivity index (χ3v) is 3.16. The fourth-order valence-electron chi connectivity index (χ4n) is 0.986. The molecule has 0 aliphatic rings. The van der Waals surface area contributed by atoms with Crippen molar-refractivity contribution in [2.45, 2.75) is 0 Å².